The monoisotopic (exact) mass is 529 g/mol. The van der Waals surface area contributed by atoms with Gasteiger partial charge >= 0.3 is 0 Å². The Morgan fingerprint density at radius 1 is 0.892 bits per heavy atom. The van der Waals surface area contributed by atoms with Crippen LogP contribution in [-0.4, -0.2) is 54.6 Å². The van der Waals surface area contributed by atoms with Crippen LogP contribution in [0.3, 0.4) is 0 Å². The molecule has 0 atom stereocenters. The maximum Gasteiger partial charge on any atom is 0.292 e. The molecule has 0 spiro atoms. The summed E-state index contributed by atoms with van der Waals surface area (Å²) in [6, 6.07) is 5.24. The van der Waals surface area contributed by atoms with Gasteiger partial charge in [-0.05, 0) is 29.5 Å². The van der Waals surface area contributed by atoms with Crippen molar-refractivity contribution >= 4 is 35.3 Å². The molecule has 8 nitrogen and oxygen atoms in total. The summed E-state index contributed by atoms with van der Waals surface area (Å²) in [5.74, 6) is 0.534. The molecule has 0 bridgehead atoms. The molecule has 9 heteroatoms. The van der Waals surface area contributed by atoms with Gasteiger partial charge < -0.3 is 14.5 Å². The number of nitrogens with zero attached hydrogens (tertiary/aromatic N) is 3. The third-order valence-corrected chi connectivity index (χ3v) is 7.96. The number of benzene rings is 1. The minimum atomic E-state index is -0.629. The fraction of sp³-hybridized carbons (Fsp3) is 0.571. The zero-order chi connectivity index (χ0) is 26.0. The minimum absolute atomic E-state index is 0. The van der Waals surface area contributed by atoms with Gasteiger partial charge in [0.15, 0.2) is 11.6 Å². The normalized spacial score (nSPS) is 23.8. The number of carbonyl (C=O) groups is 2. The second-order valence-electron chi connectivity index (χ2n) is 12.4. The molecule has 2 aliphatic carbocycles. The van der Waals surface area contributed by atoms with Gasteiger partial charge in [0.25, 0.3) is 5.69 Å². The van der Waals surface area contributed by atoms with Crippen molar-refractivity contribution in [2.45, 2.75) is 59.3 Å². The zero-order valence-electron chi connectivity index (χ0n) is 22.3. The van der Waals surface area contributed by atoms with Crippen molar-refractivity contribution in [3.63, 3.8) is 0 Å². The van der Waals surface area contributed by atoms with Crippen LogP contribution in [0, 0.1) is 20.9 Å². The van der Waals surface area contributed by atoms with Gasteiger partial charge in [0.05, 0.1) is 4.92 Å². The summed E-state index contributed by atoms with van der Waals surface area (Å²) in [6.45, 7) is 11.3. The highest BCUT2D eigenvalue weighted by molar-refractivity contribution is 6.06. The second-order valence-corrected chi connectivity index (χ2v) is 12.4. The maximum absolute atomic E-state index is 13.5. The van der Waals surface area contributed by atoms with Crippen LogP contribution in [0.25, 0.3) is 0 Å². The third-order valence-electron chi connectivity index (χ3n) is 7.96. The zero-order valence-corrected chi connectivity index (χ0v) is 23.1. The van der Waals surface area contributed by atoms with Crippen molar-refractivity contribution in [3.05, 3.63) is 56.5 Å². The molecule has 2 aliphatic heterocycles. The second kappa shape index (κ2) is 9.55. The van der Waals surface area contributed by atoms with Crippen LogP contribution in [0.2, 0.25) is 0 Å². The molecule has 2 heterocycles. The van der Waals surface area contributed by atoms with Crippen molar-refractivity contribution in [1.82, 2.24) is 4.90 Å². The van der Waals surface area contributed by atoms with Crippen LogP contribution in [-0.2, 0) is 14.3 Å². The van der Waals surface area contributed by atoms with E-state index >= 15 is 0 Å². The fourth-order valence-corrected chi connectivity index (χ4v) is 6.19. The largest absolute Gasteiger partial charge is 0.465 e. The van der Waals surface area contributed by atoms with Crippen LogP contribution in [0.1, 0.15) is 64.9 Å². The van der Waals surface area contributed by atoms with E-state index in [1.54, 1.807) is 12.1 Å². The maximum atomic E-state index is 13.5. The number of piperazine rings is 1. The molecule has 200 valence electrons. The van der Waals surface area contributed by atoms with Crippen LogP contribution in [0.4, 0.5) is 11.4 Å². The summed E-state index contributed by atoms with van der Waals surface area (Å²) in [5.41, 5.74) is 1.72. The molecule has 0 radical (unpaired) electrons. The van der Waals surface area contributed by atoms with Crippen molar-refractivity contribution in [2.75, 3.05) is 38.1 Å². The first-order chi connectivity index (χ1) is 16.8. The van der Waals surface area contributed by atoms with Gasteiger partial charge in [-0.1, -0.05) is 33.8 Å². The summed E-state index contributed by atoms with van der Waals surface area (Å²) < 4.78 is 6.34. The van der Waals surface area contributed by atoms with Crippen molar-refractivity contribution in [2.24, 2.45) is 10.8 Å². The van der Waals surface area contributed by atoms with E-state index in [-0.39, 0.29) is 45.4 Å². The number of ether oxygens (including phenoxy) is 1. The topological polar surface area (TPSA) is 93.0 Å². The molecular weight excluding hydrogens is 494 g/mol. The van der Waals surface area contributed by atoms with E-state index < -0.39 is 5.92 Å². The number of hydrogen-bond donors (Lipinski definition) is 0. The van der Waals surface area contributed by atoms with Gasteiger partial charge in [-0.3, -0.25) is 19.7 Å². The van der Waals surface area contributed by atoms with Crippen LogP contribution < -0.4 is 4.90 Å². The number of likely N-dealkylation sites (N-methyl/N-ethyl adjacent to an activating group) is 1. The lowest BCUT2D eigenvalue weighted by Gasteiger charge is -2.42. The number of halogens is 1. The quantitative estimate of drug-likeness (QED) is 0.394. The highest BCUT2D eigenvalue weighted by atomic mass is 35.5. The molecular formula is C28H36ClN3O5. The van der Waals surface area contributed by atoms with E-state index in [0.717, 1.165) is 13.1 Å². The molecule has 4 aliphatic rings. The van der Waals surface area contributed by atoms with Gasteiger partial charge in [-0.25, -0.2) is 0 Å². The van der Waals surface area contributed by atoms with Crippen LogP contribution in [0.15, 0.2) is 40.9 Å². The first-order valence-corrected chi connectivity index (χ1v) is 12.8. The molecule has 1 saturated heterocycles. The Labute approximate surface area is 224 Å². The molecule has 37 heavy (non-hydrogen) atoms. The van der Waals surface area contributed by atoms with Crippen molar-refractivity contribution in [3.8, 4) is 0 Å². The van der Waals surface area contributed by atoms with E-state index in [1.165, 1.54) is 0 Å². The van der Waals surface area contributed by atoms with Gasteiger partial charge in [0.1, 0.15) is 17.2 Å². The lowest BCUT2D eigenvalue weighted by atomic mass is 9.65. The molecule has 1 aromatic rings. The predicted molar refractivity (Wildman–Crippen MR) is 144 cm³/mol. The SMILES string of the molecule is CN1CCN(c2ccc(C3C4=C(CC(C)(C)CC4=O)OC4=C3C(=O)CC(C)(C)C4)cc2[N+](=O)[O-])CC1.Cl. The lowest BCUT2D eigenvalue weighted by Crippen LogP contribution is -2.44. The van der Waals surface area contributed by atoms with E-state index in [9.17, 15) is 19.7 Å². The highest BCUT2D eigenvalue weighted by Gasteiger charge is 2.48. The molecule has 1 aromatic carbocycles. The number of ketones is 2. The summed E-state index contributed by atoms with van der Waals surface area (Å²) >= 11 is 0. The highest BCUT2D eigenvalue weighted by Crippen LogP contribution is 2.53. The number of allylic oxidation sites excluding steroid dienone is 4. The molecule has 0 aromatic heterocycles. The van der Waals surface area contributed by atoms with E-state index in [2.05, 4.69) is 4.90 Å². The number of rotatable bonds is 3. The summed E-state index contributed by atoms with van der Waals surface area (Å²) in [5, 5.41) is 12.2. The number of carbonyl (C=O) groups excluding carboxylic acids is 2. The third kappa shape index (κ3) is 5.06. The number of anilines is 1. The standard InChI is InChI=1S/C28H35N3O5.ClH/c1-27(2)13-20(32)25-22(15-27)36-23-16-28(3,4)14-21(33)26(23)24(25)17-6-7-18(19(12-17)31(34)35)30-10-8-29(5)9-11-30;/h6-7,12,24H,8-11,13-16H2,1-5H3;1H. The Hall–Kier alpha value is -2.71. The Morgan fingerprint density at radius 2 is 1.41 bits per heavy atom. The van der Waals surface area contributed by atoms with Gasteiger partial charge in [-0.2, -0.15) is 0 Å². The van der Waals surface area contributed by atoms with E-state index in [4.69, 9.17) is 4.74 Å². The molecule has 0 N–H and O–H groups in total. The first-order valence-electron chi connectivity index (χ1n) is 12.8. The Bertz CT molecular complexity index is 1170. The Morgan fingerprint density at radius 3 is 1.89 bits per heavy atom. The summed E-state index contributed by atoms with van der Waals surface area (Å²) in [4.78, 5) is 43.1. The van der Waals surface area contributed by atoms with Gasteiger partial charge in [-0.15, -0.1) is 12.4 Å². The lowest BCUT2D eigenvalue weighted by molar-refractivity contribution is -0.384. The van der Waals surface area contributed by atoms with Gasteiger partial charge in [0, 0.05) is 75.0 Å². The van der Waals surface area contributed by atoms with Gasteiger partial charge in [0.2, 0.25) is 0 Å². The Kier molecular flexibility index (Phi) is 7.05. The smallest absolute Gasteiger partial charge is 0.292 e. The van der Waals surface area contributed by atoms with E-state index in [1.807, 2.05) is 45.7 Å². The summed E-state index contributed by atoms with van der Waals surface area (Å²) in [7, 11) is 2.04. The predicted octanol–water partition coefficient (Wildman–Crippen LogP) is 5.17. The number of nitro benzene ring substituents is 1. The van der Waals surface area contributed by atoms with Crippen LogP contribution >= 0.6 is 12.4 Å². The fourth-order valence-electron chi connectivity index (χ4n) is 6.19. The van der Waals surface area contributed by atoms with E-state index in [0.29, 0.717) is 72.7 Å². The van der Waals surface area contributed by atoms with Crippen LogP contribution in [0.5, 0.6) is 0 Å². The minimum Gasteiger partial charge on any atom is -0.465 e. The molecule has 1 fully saturated rings. The number of Topliss-reactive ketones (excluding diaryl/α,β-unsaturated/α-hetero) is 2. The van der Waals surface area contributed by atoms with Crippen molar-refractivity contribution < 1.29 is 19.2 Å². The number of nitro groups is 1. The van der Waals surface area contributed by atoms with Crippen molar-refractivity contribution in [1.29, 1.82) is 0 Å². The average molecular weight is 530 g/mol. The average Bonchev–Trinajstić information content (AvgIpc) is 2.76. The first kappa shape index (κ1) is 27.3. The molecule has 0 unspecified atom stereocenters. The molecule has 0 saturated carbocycles. The number of hydrogen-bond acceptors (Lipinski definition) is 7. The molecule has 0 amide bonds. The molecule has 5 rings (SSSR count). The Balaban J connectivity index is 0.00000320. The summed E-state index contributed by atoms with van der Waals surface area (Å²) in [6.07, 6.45) is 1.90.